The van der Waals surface area contributed by atoms with E-state index >= 15 is 0 Å². The van der Waals surface area contributed by atoms with Crippen molar-refractivity contribution in [1.82, 2.24) is 4.98 Å². The summed E-state index contributed by atoms with van der Waals surface area (Å²) in [5.74, 6) is 0. The van der Waals surface area contributed by atoms with Gasteiger partial charge >= 0.3 is 0 Å². The van der Waals surface area contributed by atoms with E-state index in [1.165, 1.54) is 0 Å². The van der Waals surface area contributed by atoms with Gasteiger partial charge in [0.25, 0.3) is 0 Å². The Hall–Kier alpha value is -0.840. The maximum atomic E-state index is 8.80. The first-order valence-electron chi connectivity index (χ1n) is 5.35. The number of halogens is 1. The summed E-state index contributed by atoms with van der Waals surface area (Å²) < 4.78 is 1.05. The monoisotopic (exact) mass is 282 g/mol. The summed E-state index contributed by atoms with van der Waals surface area (Å²) in [6.07, 6.45) is 3.50. The van der Waals surface area contributed by atoms with Crippen LogP contribution in [0.3, 0.4) is 0 Å². The van der Waals surface area contributed by atoms with Crippen molar-refractivity contribution in [3.05, 3.63) is 34.4 Å². The molecule has 86 valence electrons. The van der Waals surface area contributed by atoms with Crippen molar-refractivity contribution >= 4 is 26.8 Å². The molecule has 1 aromatic carbocycles. The molecule has 0 aliphatic rings. The van der Waals surface area contributed by atoms with Crippen molar-refractivity contribution < 1.29 is 5.11 Å². The van der Waals surface area contributed by atoms with Crippen molar-refractivity contribution in [3.8, 4) is 0 Å². The first-order chi connectivity index (χ1) is 7.72. The molecule has 0 spiro atoms. The lowest BCUT2D eigenvalue weighted by atomic mass is 10.0. The van der Waals surface area contributed by atoms with Crippen molar-refractivity contribution in [2.45, 2.75) is 18.9 Å². The average molecular weight is 283 g/mol. The lowest BCUT2D eigenvalue weighted by molar-refractivity contribution is 0.280. The molecule has 0 radical (unpaired) electrons. The summed E-state index contributed by atoms with van der Waals surface area (Å²) in [6, 6.07) is 6.08. The van der Waals surface area contributed by atoms with Gasteiger partial charge in [-0.3, -0.25) is 0 Å². The van der Waals surface area contributed by atoms with E-state index in [2.05, 4.69) is 27.0 Å². The number of hydrogen-bond donors (Lipinski definition) is 3. The minimum absolute atomic E-state index is 0.0183. The molecule has 0 saturated carbocycles. The Morgan fingerprint density at radius 2 is 2.25 bits per heavy atom. The Morgan fingerprint density at radius 1 is 1.44 bits per heavy atom. The number of aromatic amines is 1. The van der Waals surface area contributed by atoms with Crippen LogP contribution in [0.5, 0.6) is 0 Å². The van der Waals surface area contributed by atoms with Crippen LogP contribution in [0.1, 0.15) is 24.4 Å². The first-order valence-corrected chi connectivity index (χ1v) is 6.14. The van der Waals surface area contributed by atoms with Gasteiger partial charge in [0, 0.05) is 34.2 Å². The van der Waals surface area contributed by atoms with Crippen molar-refractivity contribution in [2.24, 2.45) is 5.73 Å². The van der Waals surface area contributed by atoms with Crippen molar-refractivity contribution in [1.29, 1.82) is 0 Å². The van der Waals surface area contributed by atoms with Crippen LogP contribution in [0.4, 0.5) is 0 Å². The molecule has 0 aliphatic carbocycles. The number of H-pyrrole nitrogens is 1. The highest BCUT2D eigenvalue weighted by molar-refractivity contribution is 9.10. The molecule has 3 nitrogen and oxygen atoms in total. The summed E-state index contributed by atoms with van der Waals surface area (Å²) in [7, 11) is 0. The Bertz CT molecular complexity index is 481. The Kier molecular flexibility index (Phi) is 3.63. The number of nitrogens with one attached hydrogen (secondary N) is 1. The van der Waals surface area contributed by atoms with Gasteiger partial charge in [-0.05, 0) is 36.6 Å². The van der Waals surface area contributed by atoms with E-state index in [0.29, 0.717) is 0 Å². The second-order valence-electron chi connectivity index (χ2n) is 3.91. The Morgan fingerprint density at radius 3 is 3.00 bits per heavy atom. The third kappa shape index (κ3) is 2.29. The molecule has 0 saturated heterocycles. The Labute approximate surface area is 103 Å². The predicted molar refractivity (Wildman–Crippen MR) is 69.2 cm³/mol. The van der Waals surface area contributed by atoms with Crippen LogP contribution >= 0.6 is 15.9 Å². The molecule has 0 fully saturated rings. The second-order valence-corrected chi connectivity index (χ2v) is 4.82. The summed E-state index contributed by atoms with van der Waals surface area (Å²) >= 11 is 3.46. The lowest BCUT2D eigenvalue weighted by Crippen LogP contribution is -2.10. The quantitative estimate of drug-likeness (QED) is 0.808. The fraction of sp³-hybridized carbons (Fsp3) is 0.333. The molecular weight excluding hydrogens is 268 g/mol. The van der Waals surface area contributed by atoms with Crippen LogP contribution in [-0.4, -0.2) is 16.7 Å². The van der Waals surface area contributed by atoms with Gasteiger partial charge in [-0.25, -0.2) is 0 Å². The van der Waals surface area contributed by atoms with E-state index in [4.69, 9.17) is 10.8 Å². The fourth-order valence-corrected chi connectivity index (χ4v) is 2.25. The number of hydrogen-bond acceptors (Lipinski definition) is 2. The smallest absolute Gasteiger partial charge is 0.0458 e. The SMILES string of the molecule is N[C@@H](CCCO)c1c[nH]c2ccc(Br)cc12. The zero-order valence-electron chi connectivity index (χ0n) is 8.91. The van der Waals surface area contributed by atoms with Crippen LogP contribution in [0.2, 0.25) is 0 Å². The number of nitrogens with two attached hydrogens (primary N) is 1. The number of rotatable bonds is 4. The van der Waals surface area contributed by atoms with Crippen LogP contribution in [-0.2, 0) is 0 Å². The van der Waals surface area contributed by atoms with E-state index in [1.54, 1.807) is 0 Å². The molecule has 0 bridgehead atoms. The highest BCUT2D eigenvalue weighted by Crippen LogP contribution is 2.27. The molecule has 0 amide bonds. The van der Waals surface area contributed by atoms with Gasteiger partial charge in [0.2, 0.25) is 0 Å². The van der Waals surface area contributed by atoms with Gasteiger partial charge in [0.15, 0.2) is 0 Å². The van der Waals surface area contributed by atoms with Gasteiger partial charge in [-0.2, -0.15) is 0 Å². The van der Waals surface area contributed by atoms with Crippen LogP contribution in [0, 0.1) is 0 Å². The number of fused-ring (bicyclic) bond motifs is 1. The van der Waals surface area contributed by atoms with E-state index < -0.39 is 0 Å². The average Bonchev–Trinajstić information content (AvgIpc) is 2.68. The predicted octanol–water partition coefficient (Wildman–Crippen LogP) is 2.70. The molecule has 2 aromatic rings. The standard InChI is InChI=1S/C12H15BrN2O/c13-8-3-4-12-9(6-8)10(7-15-12)11(14)2-1-5-16/h3-4,6-7,11,15-16H,1-2,5,14H2/t11-/m0/s1. The van der Waals surface area contributed by atoms with Gasteiger partial charge in [0.05, 0.1) is 0 Å². The minimum atomic E-state index is -0.0183. The summed E-state index contributed by atoms with van der Waals surface area (Å²) in [5.41, 5.74) is 8.31. The van der Waals surface area contributed by atoms with Gasteiger partial charge in [-0.15, -0.1) is 0 Å². The third-order valence-electron chi connectivity index (χ3n) is 2.75. The van der Waals surface area contributed by atoms with Crippen LogP contribution < -0.4 is 5.73 Å². The van der Waals surface area contributed by atoms with Gasteiger partial charge < -0.3 is 15.8 Å². The zero-order chi connectivity index (χ0) is 11.5. The topological polar surface area (TPSA) is 62.0 Å². The van der Waals surface area contributed by atoms with Crippen LogP contribution in [0.25, 0.3) is 10.9 Å². The highest BCUT2D eigenvalue weighted by atomic mass is 79.9. The summed E-state index contributed by atoms with van der Waals surface area (Å²) in [6.45, 7) is 0.194. The van der Waals surface area contributed by atoms with E-state index in [9.17, 15) is 0 Å². The maximum Gasteiger partial charge on any atom is 0.0458 e. The van der Waals surface area contributed by atoms with Gasteiger partial charge in [-0.1, -0.05) is 15.9 Å². The largest absolute Gasteiger partial charge is 0.396 e. The lowest BCUT2D eigenvalue weighted by Gasteiger charge is -2.09. The van der Waals surface area contributed by atoms with E-state index in [1.807, 2.05) is 18.3 Å². The molecule has 4 heteroatoms. The minimum Gasteiger partial charge on any atom is -0.396 e. The summed E-state index contributed by atoms with van der Waals surface area (Å²) in [5, 5.41) is 9.95. The second kappa shape index (κ2) is 4.99. The Balaban J connectivity index is 2.33. The maximum absolute atomic E-state index is 8.80. The number of benzene rings is 1. The van der Waals surface area contributed by atoms with E-state index in [0.717, 1.165) is 33.8 Å². The van der Waals surface area contributed by atoms with Crippen molar-refractivity contribution in [2.75, 3.05) is 6.61 Å². The molecular formula is C12H15BrN2O. The number of aliphatic hydroxyl groups is 1. The van der Waals surface area contributed by atoms with Crippen LogP contribution in [0.15, 0.2) is 28.9 Å². The molecule has 1 atom stereocenters. The molecule has 1 heterocycles. The molecule has 0 unspecified atom stereocenters. The third-order valence-corrected chi connectivity index (χ3v) is 3.24. The molecule has 4 N–H and O–H groups in total. The molecule has 0 aliphatic heterocycles. The van der Waals surface area contributed by atoms with Gasteiger partial charge in [0.1, 0.15) is 0 Å². The molecule has 16 heavy (non-hydrogen) atoms. The number of aliphatic hydroxyl groups excluding tert-OH is 1. The number of aromatic nitrogens is 1. The first kappa shape index (κ1) is 11.6. The highest BCUT2D eigenvalue weighted by Gasteiger charge is 2.11. The molecule has 2 rings (SSSR count). The zero-order valence-corrected chi connectivity index (χ0v) is 10.5. The fourth-order valence-electron chi connectivity index (χ4n) is 1.89. The summed E-state index contributed by atoms with van der Waals surface area (Å²) in [4.78, 5) is 3.21. The van der Waals surface area contributed by atoms with Crippen molar-refractivity contribution in [3.63, 3.8) is 0 Å². The normalized spacial score (nSPS) is 13.2. The van der Waals surface area contributed by atoms with E-state index in [-0.39, 0.29) is 12.6 Å². The molecule has 1 aromatic heterocycles.